The quantitative estimate of drug-likeness (QED) is 0.826. The Morgan fingerprint density at radius 1 is 1.27 bits per heavy atom. The van der Waals surface area contributed by atoms with E-state index in [0.717, 1.165) is 0 Å². The molecule has 84 valence electrons. The second kappa shape index (κ2) is 6.19. The second-order valence-corrected chi connectivity index (χ2v) is 5.50. The van der Waals surface area contributed by atoms with Crippen molar-refractivity contribution in [2.75, 3.05) is 5.75 Å². The fraction of sp³-hybridized carbons (Fsp3) is 0.538. The molecule has 0 spiro atoms. The highest BCUT2D eigenvalue weighted by molar-refractivity contribution is 7.99. The molecule has 0 radical (unpaired) electrons. The molecule has 2 N–H and O–H groups in total. The van der Waals surface area contributed by atoms with Crippen LogP contribution in [-0.4, -0.2) is 11.0 Å². The van der Waals surface area contributed by atoms with Crippen LogP contribution < -0.4 is 5.73 Å². The van der Waals surface area contributed by atoms with Gasteiger partial charge in [0.05, 0.1) is 0 Å². The van der Waals surface area contributed by atoms with E-state index in [1.54, 1.807) is 0 Å². The molecule has 2 heteroatoms. The number of aryl methyl sites for hydroxylation is 1. The first-order valence-electron chi connectivity index (χ1n) is 5.59. The zero-order valence-electron chi connectivity index (χ0n) is 9.86. The average molecular weight is 223 g/mol. The average Bonchev–Trinajstić information content (AvgIpc) is 2.26. The molecule has 0 aliphatic rings. The highest BCUT2D eigenvalue weighted by Crippen LogP contribution is 2.24. The van der Waals surface area contributed by atoms with Gasteiger partial charge in [-0.3, -0.25) is 0 Å². The van der Waals surface area contributed by atoms with Gasteiger partial charge in [-0.05, 0) is 24.7 Å². The molecule has 15 heavy (non-hydrogen) atoms. The van der Waals surface area contributed by atoms with Gasteiger partial charge in [0.15, 0.2) is 0 Å². The SMILES string of the molecule is CCCSC(C)C(N)c1ccc(C)cc1. The molecule has 0 amide bonds. The van der Waals surface area contributed by atoms with E-state index in [0.29, 0.717) is 5.25 Å². The first-order valence-corrected chi connectivity index (χ1v) is 6.63. The third-order valence-electron chi connectivity index (χ3n) is 2.55. The van der Waals surface area contributed by atoms with Crippen molar-refractivity contribution >= 4 is 11.8 Å². The van der Waals surface area contributed by atoms with Crippen LogP contribution in [0.15, 0.2) is 24.3 Å². The summed E-state index contributed by atoms with van der Waals surface area (Å²) in [4.78, 5) is 0. The number of benzene rings is 1. The Labute approximate surface area is 97.4 Å². The summed E-state index contributed by atoms with van der Waals surface area (Å²) in [6.07, 6.45) is 1.22. The summed E-state index contributed by atoms with van der Waals surface area (Å²) in [5.74, 6) is 1.20. The monoisotopic (exact) mass is 223 g/mol. The Morgan fingerprint density at radius 2 is 1.87 bits per heavy atom. The van der Waals surface area contributed by atoms with Crippen LogP contribution >= 0.6 is 11.8 Å². The van der Waals surface area contributed by atoms with Crippen LogP contribution in [0.2, 0.25) is 0 Å². The summed E-state index contributed by atoms with van der Waals surface area (Å²) in [6, 6.07) is 8.70. The van der Waals surface area contributed by atoms with Gasteiger partial charge in [-0.15, -0.1) is 0 Å². The van der Waals surface area contributed by atoms with Gasteiger partial charge >= 0.3 is 0 Å². The van der Waals surface area contributed by atoms with Crippen LogP contribution in [0.4, 0.5) is 0 Å². The van der Waals surface area contributed by atoms with E-state index in [-0.39, 0.29) is 6.04 Å². The van der Waals surface area contributed by atoms with Crippen LogP contribution in [0, 0.1) is 6.92 Å². The molecule has 0 bridgehead atoms. The highest BCUT2D eigenvalue weighted by Gasteiger charge is 2.14. The molecule has 1 nitrogen and oxygen atoms in total. The summed E-state index contributed by atoms with van der Waals surface area (Å²) in [6.45, 7) is 6.52. The van der Waals surface area contributed by atoms with Crippen molar-refractivity contribution in [3.05, 3.63) is 35.4 Å². The first kappa shape index (κ1) is 12.6. The maximum absolute atomic E-state index is 6.21. The summed E-state index contributed by atoms with van der Waals surface area (Å²) < 4.78 is 0. The molecule has 0 fully saturated rings. The van der Waals surface area contributed by atoms with Gasteiger partial charge in [0.25, 0.3) is 0 Å². The highest BCUT2D eigenvalue weighted by atomic mass is 32.2. The van der Waals surface area contributed by atoms with Crippen molar-refractivity contribution in [2.24, 2.45) is 5.73 Å². The molecular formula is C13H21NS. The Balaban J connectivity index is 2.59. The summed E-state index contributed by atoms with van der Waals surface area (Å²) in [5.41, 5.74) is 8.75. The molecule has 0 aliphatic heterocycles. The smallest absolute Gasteiger partial charge is 0.0412 e. The number of rotatable bonds is 5. The van der Waals surface area contributed by atoms with Gasteiger partial charge in [0, 0.05) is 11.3 Å². The number of hydrogen-bond donors (Lipinski definition) is 1. The van der Waals surface area contributed by atoms with E-state index >= 15 is 0 Å². The second-order valence-electron chi connectivity index (χ2n) is 4.01. The molecule has 1 aromatic carbocycles. The van der Waals surface area contributed by atoms with Crippen LogP contribution in [0.1, 0.15) is 37.4 Å². The van der Waals surface area contributed by atoms with Gasteiger partial charge < -0.3 is 5.73 Å². The van der Waals surface area contributed by atoms with Crippen molar-refractivity contribution < 1.29 is 0 Å². The van der Waals surface area contributed by atoms with Crippen LogP contribution in [-0.2, 0) is 0 Å². The predicted molar refractivity (Wildman–Crippen MR) is 70.3 cm³/mol. The summed E-state index contributed by atoms with van der Waals surface area (Å²) >= 11 is 1.96. The van der Waals surface area contributed by atoms with E-state index in [1.807, 2.05) is 11.8 Å². The van der Waals surface area contributed by atoms with Gasteiger partial charge in [-0.1, -0.05) is 43.7 Å². The Morgan fingerprint density at radius 3 is 2.40 bits per heavy atom. The van der Waals surface area contributed by atoms with Crippen molar-refractivity contribution in [2.45, 2.75) is 38.5 Å². The minimum Gasteiger partial charge on any atom is -0.323 e. The molecular weight excluding hydrogens is 202 g/mol. The molecule has 2 atom stereocenters. The topological polar surface area (TPSA) is 26.0 Å². The summed E-state index contributed by atoms with van der Waals surface area (Å²) in [7, 11) is 0. The molecule has 2 unspecified atom stereocenters. The Hall–Kier alpha value is -0.470. The largest absolute Gasteiger partial charge is 0.323 e. The minimum atomic E-state index is 0.155. The molecule has 0 aliphatic carbocycles. The van der Waals surface area contributed by atoms with Crippen LogP contribution in [0.3, 0.4) is 0 Å². The molecule has 0 aromatic heterocycles. The van der Waals surface area contributed by atoms with Gasteiger partial charge in [-0.2, -0.15) is 11.8 Å². The minimum absolute atomic E-state index is 0.155. The zero-order valence-corrected chi connectivity index (χ0v) is 10.7. The van der Waals surface area contributed by atoms with Crippen LogP contribution in [0.5, 0.6) is 0 Å². The van der Waals surface area contributed by atoms with Gasteiger partial charge in [0.2, 0.25) is 0 Å². The van der Waals surface area contributed by atoms with Crippen LogP contribution in [0.25, 0.3) is 0 Å². The molecule has 0 saturated heterocycles. The van der Waals surface area contributed by atoms with E-state index < -0.39 is 0 Å². The van der Waals surface area contributed by atoms with Crippen molar-refractivity contribution in [1.82, 2.24) is 0 Å². The third kappa shape index (κ3) is 3.88. The van der Waals surface area contributed by atoms with Crippen molar-refractivity contribution in [3.8, 4) is 0 Å². The Kier molecular flexibility index (Phi) is 5.20. The van der Waals surface area contributed by atoms with E-state index in [2.05, 4.69) is 45.0 Å². The van der Waals surface area contributed by atoms with Crippen molar-refractivity contribution in [3.63, 3.8) is 0 Å². The number of thioether (sulfide) groups is 1. The number of nitrogens with two attached hydrogens (primary N) is 1. The van der Waals surface area contributed by atoms with E-state index in [4.69, 9.17) is 5.73 Å². The van der Waals surface area contributed by atoms with E-state index in [9.17, 15) is 0 Å². The van der Waals surface area contributed by atoms with Crippen molar-refractivity contribution in [1.29, 1.82) is 0 Å². The van der Waals surface area contributed by atoms with Gasteiger partial charge in [-0.25, -0.2) is 0 Å². The fourth-order valence-corrected chi connectivity index (χ4v) is 2.44. The number of hydrogen-bond acceptors (Lipinski definition) is 2. The van der Waals surface area contributed by atoms with E-state index in [1.165, 1.54) is 23.3 Å². The zero-order chi connectivity index (χ0) is 11.3. The lowest BCUT2D eigenvalue weighted by Crippen LogP contribution is -2.21. The molecule has 1 aromatic rings. The molecule has 0 heterocycles. The Bertz CT molecular complexity index is 281. The normalized spacial score (nSPS) is 14.9. The predicted octanol–water partition coefficient (Wildman–Crippen LogP) is 3.53. The lowest BCUT2D eigenvalue weighted by atomic mass is 10.0. The van der Waals surface area contributed by atoms with Gasteiger partial charge in [0.1, 0.15) is 0 Å². The summed E-state index contributed by atoms with van der Waals surface area (Å²) in [5, 5.41) is 0.493. The molecule has 1 rings (SSSR count). The first-order chi connectivity index (χ1) is 7.15. The maximum Gasteiger partial charge on any atom is 0.0412 e. The maximum atomic E-state index is 6.21. The third-order valence-corrected chi connectivity index (χ3v) is 4.02. The lowest BCUT2D eigenvalue weighted by molar-refractivity contribution is 0.714. The lowest BCUT2D eigenvalue weighted by Gasteiger charge is -2.19. The fourth-order valence-electron chi connectivity index (χ4n) is 1.47. The standard InChI is InChI=1S/C13H21NS/c1-4-9-15-11(3)13(14)12-7-5-10(2)6-8-12/h5-8,11,13H,4,9,14H2,1-3H3. The molecule has 0 saturated carbocycles.